The van der Waals surface area contributed by atoms with Crippen LogP contribution in [-0.4, -0.2) is 30.5 Å². The SMILES string of the molecule is CC1CCCN(C(=O)COc2ccc(N)cc2)CC1. The summed E-state index contributed by atoms with van der Waals surface area (Å²) in [6.45, 7) is 4.07. The van der Waals surface area contributed by atoms with Crippen molar-refractivity contribution in [3.8, 4) is 5.75 Å². The largest absolute Gasteiger partial charge is 0.484 e. The van der Waals surface area contributed by atoms with Crippen LogP contribution < -0.4 is 10.5 Å². The van der Waals surface area contributed by atoms with E-state index in [0.29, 0.717) is 11.4 Å². The highest BCUT2D eigenvalue weighted by Crippen LogP contribution is 2.17. The average Bonchev–Trinajstić information content (AvgIpc) is 2.63. The minimum Gasteiger partial charge on any atom is -0.484 e. The van der Waals surface area contributed by atoms with Crippen LogP contribution in [0, 0.1) is 5.92 Å². The highest BCUT2D eigenvalue weighted by molar-refractivity contribution is 5.77. The molecule has 1 unspecified atom stereocenters. The Labute approximate surface area is 114 Å². The normalized spacial score (nSPS) is 19.8. The highest BCUT2D eigenvalue weighted by Gasteiger charge is 2.18. The molecule has 1 aromatic carbocycles. The minimum absolute atomic E-state index is 0.0749. The first kappa shape index (κ1) is 13.7. The maximum absolute atomic E-state index is 12.1. The molecular weight excluding hydrogens is 240 g/mol. The van der Waals surface area contributed by atoms with E-state index in [1.807, 2.05) is 4.90 Å². The molecule has 0 aliphatic carbocycles. The maximum Gasteiger partial charge on any atom is 0.260 e. The number of hydrogen-bond acceptors (Lipinski definition) is 3. The van der Waals surface area contributed by atoms with Gasteiger partial charge in [-0.25, -0.2) is 0 Å². The second-order valence-electron chi connectivity index (χ2n) is 5.27. The highest BCUT2D eigenvalue weighted by atomic mass is 16.5. The molecule has 1 aromatic rings. The molecule has 0 saturated carbocycles. The molecule has 19 heavy (non-hydrogen) atoms. The van der Waals surface area contributed by atoms with Gasteiger partial charge in [-0.1, -0.05) is 6.92 Å². The molecule has 1 aliphatic heterocycles. The van der Waals surface area contributed by atoms with Crippen LogP contribution in [0.5, 0.6) is 5.75 Å². The number of nitrogens with two attached hydrogens (primary N) is 1. The van der Waals surface area contributed by atoms with Crippen molar-refractivity contribution in [2.45, 2.75) is 26.2 Å². The third kappa shape index (κ3) is 4.16. The van der Waals surface area contributed by atoms with E-state index in [1.165, 1.54) is 6.42 Å². The molecule has 4 heteroatoms. The van der Waals surface area contributed by atoms with E-state index in [4.69, 9.17) is 10.5 Å². The van der Waals surface area contributed by atoms with Crippen LogP contribution in [0.3, 0.4) is 0 Å². The summed E-state index contributed by atoms with van der Waals surface area (Å²) in [6.07, 6.45) is 3.39. The van der Waals surface area contributed by atoms with Crippen LogP contribution in [0.2, 0.25) is 0 Å². The number of nitrogens with zero attached hydrogens (tertiary/aromatic N) is 1. The van der Waals surface area contributed by atoms with Gasteiger partial charge < -0.3 is 15.4 Å². The predicted octanol–water partition coefficient (Wildman–Crippen LogP) is 2.30. The summed E-state index contributed by atoms with van der Waals surface area (Å²) in [7, 11) is 0. The van der Waals surface area contributed by atoms with Gasteiger partial charge in [-0.3, -0.25) is 4.79 Å². The first-order chi connectivity index (χ1) is 9.15. The number of hydrogen-bond donors (Lipinski definition) is 1. The number of benzene rings is 1. The van der Waals surface area contributed by atoms with E-state index < -0.39 is 0 Å². The second kappa shape index (κ2) is 6.45. The molecule has 0 spiro atoms. The van der Waals surface area contributed by atoms with Gasteiger partial charge in [0.2, 0.25) is 0 Å². The summed E-state index contributed by atoms with van der Waals surface area (Å²) in [5.41, 5.74) is 6.29. The number of ether oxygens (including phenoxy) is 1. The minimum atomic E-state index is 0.0749. The number of rotatable bonds is 3. The number of carbonyl (C=O) groups is 1. The fraction of sp³-hybridized carbons (Fsp3) is 0.533. The summed E-state index contributed by atoms with van der Waals surface area (Å²) < 4.78 is 5.50. The zero-order chi connectivity index (χ0) is 13.7. The lowest BCUT2D eigenvalue weighted by Gasteiger charge is -2.20. The van der Waals surface area contributed by atoms with E-state index in [2.05, 4.69) is 6.92 Å². The lowest BCUT2D eigenvalue weighted by atomic mass is 10.0. The van der Waals surface area contributed by atoms with Gasteiger partial charge in [0.15, 0.2) is 6.61 Å². The van der Waals surface area contributed by atoms with Crippen molar-refractivity contribution in [2.75, 3.05) is 25.4 Å². The topological polar surface area (TPSA) is 55.6 Å². The molecule has 2 rings (SSSR count). The van der Waals surface area contributed by atoms with Gasteiger partial charge in [0.25, 0.3) is 5.91 Å². The summed E-state index contributed by atoms with van der Waals surface area (Å²) >= 11 is 0. The van der Waals surface area contributed by atoms with Gasteiger partial charge in [-0.2, -0.15) is 0 Å². The van der Waals surface area contributed by atoms with E-state index in [1.54, 1.807) is 24.3 Å². The summed E-state index contributed by atoms with van der Waals surface area (Å²) in [5, 5.41) is 0. The Morgan fingerprint density at radius 1 is 1.32 bits per heavy atom. The first-order valence-corrected chi connectivity index (χ1v) is 6.91. The molecule has 2 N–H and O–H groups in total. The lowest BCUT2D eigenvalue weighted by Crippen LogP contribution is -2.35. The van der Waals surface area contributed by atoms with Gasteiger partial charge in [0, 0.05) is 18.8 Å². The number of carbonyl (C=O) groups excluding carboxylic acids is 1. The van der Waals surface area contributed by atoms with Gasteiger partial charge >= 0.3 is 0 Å². The van der Waals surface area contributed by atoms with Gasteiger partial charge in [-0.15, -0.1) is 0 Å². The van der Waals surface area contributed by atoms with Crippen LogP contribution in [-0.2, 0) is 4.79 Å². The van der Waals surface area contributed by atoms with Crippen LogP contribution in [0.25, 0.3) is 0 Å². The number of nitrogen functional groups attached to an aromatic ring is 1. The molecule has 1 saturated heterocycles. The van der Waals surface area contributed by atoms with E-state index in [-0.39, 0.29) is 12.5 Å². The van der Waals surface area contributed by atoms with Crippen LogP contribution >= 0.6 is 0 Å². The maximum atomic E-state index is 12.1. The van der Waals surface area contributed by atoms with Crippen molar-refractivity contribution in [2.24, 2.45) is 5.92 Å². The lowest BCUT2D eigenvalue weighted by molar-refractivity contribution is -0.133. The number of anilines is 1. The fourth-order valence-electron chi connectivity index (χ4n) is 2.31. The molecule has 0 bridgehead atoms. The monoisotopic (exact) mass is 262 g/mol. The van der Waals surface area contributed by atoms with E-state index in [0.717, 1.165) is 31.8 Å². The van der Waals surface area contributed by atoms with Crippen molar-refractivity contribution in [1.82, 2.24) is 4.90 Å². The van der Waals surface area contributed by atoms with Crippen molar-refractivity contribution >= 4 is 11.6 Å². The molecular formula is C15H22N2O2. The molecule has 0 aromatic heterocycles. The molecule has 1 aliphatic rings. The Morgan fingerprint density at radius 3 is 2.79 bits per heavy atom. The number of likely N-dealkylation sites (tertiary alicyclic amines) is 1. The molecule has 1 heterocycles. The zero-order valence-corrected chi connectivity index (χ0v) is 11.5. The third-order valence-corrected chi connectivity index (χ3v) is 3.61. The average molecular weight is 262 g/mol. The Kier molecular flexibility index (Phi) is 4.66. The summed E-state index contributed by atoms with van der Waals surface area (Å²) in [4.78, 5) is 14.0. The van der Waals surface area contributed by atoms with Crippen LogP contribution in [0.1, 0.15) is 26.2 Å². The zero-order valence-electron chi connectivity index (χ0n) is 11.5. The van der Waals surface area contributed by atoms with Crippen molar-refractivity contribution in [3.05, 3.63) is 24.3 Å². The smallest absolute Gasteiger partial charge is 0.260 e. The first-order valence-electron chi connectivity index (χ1n) is 6.91. The molecule has 1 fully saturated rings. The molecule has 1 atom stereocenters. The standard InChI is InChI=1S/C15H22N2O2/c1-12-3-2-9-17(10-8-12)15(18)11-19-14-6-4-13(16)5-7-14/h4-7,12H,2-3,8-11,16H2,1H3. The van der Waals surface area contributed by atoms with Gasteiger partial charge in [0.1, 0.15) is 5.75 Å². The number of amides is 1. The quantitative estimate of drug-likeness (QED) is 0.850. The molecule has 1 amide bonds. The third-order valence-electron chi connectivity index (χ3n) is 3.61. The Hall–Kier alpha value is -1.71. The Balaban J connectivity index is 1.82. The van der Waals surface area contributed by atoms with E-state index >= 15 is 0 Å². The van der Waals surface area contributed by atoms with Gasteiger partial charge in [0.05, 0.1) is 0 Å². The Morgan fingerprint density at radius 2 is 2.05 bits per heavy atom. The van der Waals surface area contributed by atoms with Gasteiger partial charge in [-0.05, 0) is 49.4 Å². The van der Waals surface area contributed by atoms with Crippen LogP contribution in [0.4, 0.5) is 5.69 Å². The van der Waals surface area contributed by atoms with E-state index in [9.17, 15) is 4.79 Å². The Bertz CT molecular complexity index is 417. The summed E-state index contributed by atoms with van der Waals surface area (Å²) in [5.74, 6) is 1.48. The molecule has 0 radical (unpaired) electrons. The molecule has 104 valence electrons. The van der Waals surface area contributed by atoms with Crippen LogP contribution in [0.15, 0.2) is 24.3 Å². The second-order valence-corrected chi connectivity index (χ2v) is 5.27. The fourth-order valence-corrected chi connectivity index (χ4v) is 2.31. The van der Waals surface area contributed by atoms with Crippen molar-refractivity contribution < 1.29 is 9.53 Å². The summed E-state index contributed by atoms with van der Waals surface area (Å²) in [6, 6.07) is 7.11. The molecule has 4 nitrogen and oxygen atoms in total. The van der Waals surface area contributed by atoms with Crippen molar-refractivity contribution in [1.29, 1.82) is 0 Å². The predicted molar refractivity (Wildman–Crippen MR) is 75.9 cm³/mol. The van der Waals surface area contributed by atoms with Crippen molar-refractivity contribution in [3.63, 3.8) is 0 Å².